The van der Waals surface area contributed by atoms with Crippen molar-refractivity contribution in [1.82, 2.24) is 24.5 Å². The Hall–Kier alpha value is -2.38. The van der Waals surface area contributed by atoms with Crippen molar-refractivity contribution in [3.63, 3.8) is 0 Å². The minimum atomic E-state index is 0.0689. The highest BCUT2D eigenvalue weighted by Gasteiger charge is 2.10. The van der Waals surface area contributed by atoms with E-state index in [0.717, 1.165) is 0 Å². The van der Waals surface area contributed by atoms with Crippen molar-refractivity contribution in [1.29, 1.82) is 0 Å². The smallest absolute Gasteiger partial charge is 0.241 e. The number of nitrogens with two attached hydrogens (primary N) is 1. The number of anilines is 3. The van der Waals surface area contributed by atoms with Gasteiger partial charge in [-0.15, -0.1) is 0 Å². The first-order chi connectivity index (χ1) is 10.1. The molecule has 0 radical (unpaired) electrons. The number of hydrogen-bond donors (Lipinski definition) is 2. The maximum Gasteiger partial charge on any atom is 0.241 e. The fourth-order valence-electron chi connectivity index (χ4n) is 1.66. The topological polar surface area (TPSA) is 94.5 Å². The summed E-state index contributed by atoms with van der Waals surface area (Å²) >= 11 is 12.2. The Morgan fingerprint density at radius 3 is 2.52 bits per heavy atom. The molecular formula is C12H9Cl2N7. The zero-order valence-corrected chi connectivity index (χ0v) is 12.0. The molecule has 0 aliphatic heterocycles. The van der Waals surface area contributed by atoms with Crippen LogP contribution >= 0.6 is 23.2 Å². The van der Waals surface area contributed by atoms with E-state index in [-0.39, 0.29) is 11.9 Å². The zero-order valence-electron chi connectivity index (χ0n) is 10.5. The SMILES string of the molecule is Nc1nc(Nc2c(Cl)cccc2Cl)nc(-n2ccnc2)n1. The lowest BCUT2D eigenvalue weighted by Gasteiger charge is -2.10. The molecule has 3 rings (SSSR count). The molecule has 7 nitrogen and oxygen atoms in total. The number of imidazole rings is 1. The average molecular weight is 322 g/mol. The molecule has 0 saturated heterocycles. The maximum absolute atomic E-state index is 6.09. The van der Waals surface area contributed by atoms with E-state index >= 15 is 0 Å². The Labute approximate surface area is 129 Å². The molecule has 0 amide bonds. The lowest BCUT2D eigenvalue weighted by Crippen LogP contribution is -2.08. The Morgan fingerprint density at radius 2 is 1.86 bits per heavy atom. The average Bonchev–Trinajstić information content (AvgIpc) is 2.97. The highest BCUT2D eigenvalue weighted by Crippen LogP contribution is 2.31. The van der Waals surface area contributed by atoms with Crippen molar-refractivity contribution in [2.24, 2.45) is 0 Å². The van der Waals surface area contributed by atoms with Gasteiger partial charge in [0.2, 0.25) is 17.8 Å². The summed E-state index contributed by atoms with van der Waals surface area (Å²) in [6.45, 7) is 0. The van der Waals surface area contributed by atoms with Crippen LogP contribution in [0.3, 0.4) is 0 Å². The molecule has 106 valence electrons. The number of hydrogen-bond acceptors (Lipinski definition) is 6. The summed E-state index contributed by atoms with van der Waals surface area (Å²) < 4.78 is 1.61. The summed E-state index contributed by atoms with van der Waals surface area (Å²) in [5, 5.41) is 3.84. The third kappa shape index (κ3) is 2.88. The highest BCUT2D eigenvalue weighted by atomic mass is 35.5. The fraction of sp³-hybridized carbons (Fsp3) is 0. The number of para-hydroxylation sites is 1. The lowest BCUT2D eigenvalue weighted by atomic mass is 10.3. The van der Waals surface area contributed by atoms with Gasteiger partial charge < -0.3 is 11.1 Å². The number of aromatic nitrogens is 5. The standard InChI is InChI=1S/C12H9Cl2N7/c13-7-2-1-3-8(14)9(7)17-11-18-10(15)19-12(20-11)21-5-4-16-6-21/h1-6H,(H3,15,17,18,19,20). The first kappa shape index (κ1) is 13.6. The van der Waals surface area contributed by atoms with Crippen LogP contribution in [0, 0.1) is 0 Å². The van der Waals surface area contributed by atoms with Gasteiger partial charge in [-0.3, -0.25) is 4.57 Å². The molecular weight excluding hydrogens is 313 g/mol. The normalized spacial score (nSPS) is 10.6. The van der Waals surface area contributed by atoms with E-state index in [9.17, 15) is 0 Å². The first-order valence-electron chi connectivity index (χ1n) is 5.84. The summed E-state index contributed by atoms with van der Waals surface area (Å²) in [5.41, 5.74) is 6.20. The number of nitrogens with one attached hydrogen (secondary N) is 1. The number of benzene rings is 1. The van der Waals surface area contributed by atoms with E-state index in [0.29, 0.717) is 21.7 Å². The monoisotopic (exact) mass is 321 g/mol. The second kappa shape index (κ2) is 5.55. The van der Waals surface area contributed by atoms with Gasteiger partial charge >= 0.3 is 0 Å². The van der Waals surface area contributed by atoms with Crippen LogP contribution < -0.4 is 11.1 Å². The van der Waals surface area contributed by atoms with Gasteiger partial charge in [-0.25, -0.2) is 4.98 Å². The van der Waals surface area contributed by atoms with Crippen LogP contribution in [0.25, 0.3) is 5.95 Å². The summed E-state index contributed by atoms with van der Waals surface area (Å²) in [4.78, 5) is 16.2. The van der Waals surface area contributed by atoms with Gasteiger partial charge in [0.05, 0.1) is 15.7 Å². The van der Waals surface area contributed by atoms with E-state index in [1.165, 1.54) is 0 Å². The van der Waals surface area contributed by atoms with Crippen molar-refractivity contribution in [2.45, 2.75) is 0 Å². The van der Waals surface area contributed by atoms with Crippen molar-refractivity contribution >= 4 is 40.8 Å². The van der Waals surface area contributed by atoms with Gasteiger partial charge in [0, 0.05) is 12.4 Å². The van der Waals surface area contributed by atoms with E-state index in [1.54, 1.807) is 41.5 Å². The van der Waals surface area contributed by atoms with Crippen LogP contribution in [0.4, 0.5) is 17.6 Å². The molecule has 21 heavy (non-hydrogen) atoms. The maximum atomic E-state index is 6.09. The molecule has 3 aromatic rings. The molecule has 0 unspecified atom stereocenters. The van der Waals surface area contributed by atoms with E-state index < -0.39 is 0 Å². The highest BCUT2D eigenvalue weighted by molar-refractivity contribution is 6.39. The largest absolute Gasteiger partial charge is 0.368 e. The molecule has 2 aromatic heterocycles. The van der Waals surface area contributed by atoms with Gasteiger partial charge in [-0.1, -0.05) is 29.3 Å². The van der Waals surface area contributed by atoms with Crippen molar-refractivity contribution < 1.29 is 0 Å². The van der Waals surface area contributed by atoms with Crippen LogP contribution in [0.15, 0.2) is 36.9 Å². The second-order valence-corrected chi connectivity index (χ2v) is 4.82. The van der Waals surface area contributed by atoms with Gasteiger partial charge in [0.1, 0.15) is 6.33 Å². The second-order valence-electron chi connectivity index (χ2n) is 4.01. The fourth-order valence-corrected chi connectivity index (χ4v) is 2.15. The third-order valence-corrected chi connectivity index (χ3v) is 3.21. The molecule has 0 bridgehead atoms. The number of nitrogens with zero attached hydrogens (tertiary/aromatic N) is 5. The van der Waals surface area contributed by atoms with Gasteiger partial charge in [-0.05, 0) is 12.1 Å². The summed E-state index contributed by atoms with van der Waals surface area (Å²) in [5.74, 6) is 0.645. The quantitative estimate of drug-likeness (QED) is 0.770. The van der Waals surface area contributed by atoms with Crippen molar-refractivity contribution in [3.8, 4) is 5.95 Å². The third-order valence-electron chi connectivity index (χ3n) is 2.58. The van der Waals surface area contributed by atoms with E-state index in [2.05, 4.69) is 25.3 Å². The Balaban J connectivity index is 2.00. The van der Waals surface area contributed by atoms with Crippen LogP contribution in [0.2, 0.25) is 10.0 Å². The van der Waals surface area contributed by atoms with Gasteiger partial charge in [-0.2, -0.15) is 15.0 Å². The molecule has 3 N–H and O–H groups in total. The molecule has 0 aliphatic rings. The predicted molar refractivity (Wildman–Crippen MR) is 81.1 cm³/mol. The van der Waals surface area contributed by atoms with Crippen molar-refractivity contribution in [2.75, 3.05) is 11.1 Å². The zero-order chi connectivity index (χ0) is 14.8. The molecule has 0 fully saturated rings. The number of halogens is 2. The van der Waals surface area contributed by atoms with Crippen LogP contribution in [0.5, 0.6) is 0 Å². The number of nitrogen functional groups attached to an aromatic ring is 1. The lowest BCUT2D eigenvalue weighted by molar-refractivity contribution is 0.906. The van der Waals surface area contributed by atoms with Crippen LogP contribution in [0.1, 0.15) is 0 Å². The predicted octanol–water partition coefficient (Wildman–Crippen LogP) is 2.69. The van der Waals surface area contributed by atoms with Gasteiger partial charge in [0.15, 0.2) is 0 Å². The molecule has 0 aliphatic carbocycles. The minimum Gasteiger partial charge on any atom is -0.368 e. The Bertz CT molecular complexity index is 753. The Kier molecular flexibility index (Phi) is 3.59. The molecule has 1 aromatic carbocycles. The molecule has 2 heterocycles. The first-order valence-corrected chi connectivity index (χ1v) is 6.60. The van der Waals surface area contributed by atoms with Crippen molar-refractivity contribution in [3.05, 3.63) is 47.0 Å². The minimum absolute atomic E-state index is 0.0689. The van der Waals surface area contributed by atoms with Gasteiger partial charge in [0.25, 0.3) is 0 Å². The van der Waals surface area contributed by atoms with Crippen LogP contribution in [-0.2, 0) is 0 Å². The molecule has 9 heteroatoms. The summed E-state index contributed by atoms with van der Waals surface area (Å²) in [7, 11) is 0. The summed E-state index contributed by atoms with van der Waals surface area (Å²) in [6.07, 6.45) is 4.86. The molecule has 0 atom stereocenters. The number of rotatable bonds is 3. The van der Waals surface area contributed by atoms with E-state index in [1.807, 2.05) is 0 Å². The van der Waals surface area contributed by atoms with E-state index in [4.69, 9.17) is 28.9 Å². The summed E-state index contributed by atoms with van der Waals surface area (Å²) in [6, 6.07) is 5.16. The Morgan fingerprint density at radius 1 is 1.10 bits per heavy atom. The molecule has 0 spiro atoms. The molecule has 0 saturated carbocycles. The van der Waals surface area contributed by atoms with Crippen LogP contribution in [-0.4, -0.2) is 24.5 Å².